The minimum absolute atomic E-state index is 0.0329. The van der Waals surface area contributed by atoms with Crippen LogP contribution in [0, 0.1) is 0 Å². The van der Waals surface area contributed by atoms with Crippen molar-refractivity contribution in [3.63, 3.8) is 0 Å². The van der Waals surface area contributed by atoms with Crippen molar-refractivity contribution in [1.29, 1.82) is 0 Å². The van der Waals surface area contributed by atoms with Gasteiger partial charge < -0.3 is 19.7 Å². The zero-order valence-electron chi connectivity index (χ0n) is 19.0. The third kappa shape index (κ3) is 4.46. The first-order valence-corrected chi connectivity index (χ1v) is 11.7. The van der Waals surface area contributed by atoms with Crippen molar-refractivity contribution in [2.24, 2.45) is 0 Å². The molecule has 1 N–H and O–H groups in total. The summed E-state index contributed by atoms with van der Waals surface area (Å²) in [5.74, 6) is 0.858. The predicted molar refractivity (Wildman–Crippen MR) is 130 cm³/mol. The molecule has 33 heavy (non-hydrogen) atoms. The van der Waals surface area contributed by atoms with E-state index < -0.39 is 5.66 Å². The van der Waals surface area contributed by atoms with Crippen LogP contribution in [0.2, 0.25) is 0 Å². The lowest BCUT2D eigenvalue weighted by atomic mass is 9.93. The Morgan fingerprint density at radius 2 is 1.79 bits per heavy atom. The van der Waals surface area contributed by atoms with E-state index in [0.29, 0.717) is 18.7 Å². The van der Waals surface area contributed by atoms with Crippen LogP contribution in [-0.4, -0.2) is 36.7 Å². The van der Waals surface area contributed by atoms with E-state index in [1.807, 2.05) is 59.5 Å². The Bertz CT molecular complexity index is 1090. The molecule has 0 spiro atoms. The van der Waals surface area contributed by atoms with E-state index >= 15 is 0 Å². The minimum Gasteiger partial charge on any atom is -0.493 e. The molecule has 170 valence electrons. The molecule has 1 amide bonds. The number of hydrogen-bond acceptors (Lipinski definition) is 4. The molecule has 2 heterocycles. The van der Waals surface area contributed by atoms with Crippen molar-refractivity contribution in [3.05, 3.63) is 95.6 Å². The molecule has 1 fully saturated rings. The molecule has 3 aromatic rings. The van der Waals surface area contributed by atoms with Gasteiger partial charge in [-0.1, -0.05) is 54.6 Å². The average Bonchev–Trinajstić information content (AvgIpc) is 3.36. The van der Waals surface area contributed by atoms with E-state index in [1.54, 1.807) is 0 Å². The van der Waals surface area contributed by atoms with Gasteiger partial charge in [0.1, 0.15) is 11.4 Å². The fourth-order valence-corrected chi connectivity index (χ4v) is 4.75. The summed E-state index contributed by atoms with van der Waals surface area (Å²) < 4.78 is 11.9. The third-order valence-electron chi connectivity index (χ3n) is 6.65. The van der Waals surface area contributed by atoms with Crippen LogP contribution in [0.4, 0.5) is 5.69 Å². The van der Waals surface area contributed by atoms with Gasteiger partial charge in [0.25, 0.3) is 5.91 Å². The highest BCUT2D eigenvalue weighted by molar-refractivity contribution is 6.02. The molecule has 0 bridgehead atoms. The Morgan fingerprint density at radius 1 is 1.03 bits per heavy atom. The number of rotatable bonds is 7. The van der Waals surface area contributed by atoms with Crippen LogP contribution in [0.3, 0.4) is 0 Å². The molecule has 2 atom stereocenters. The van der Waals surface area contributed by atoms with Crippen molar-refractivity contribution in [2.75, 3.05) is 25.1 Å². The van der Waals surface area contributed by atoms with E-state index in [4.69, 9.17) is 9.47 Å². The lowest BCUT2D eigenvalue weighted by Gasteiger charge is -2.47. The molecule has 5 rings (SSSR count). The molecule has 1 saturated heterocycles. The maximum Gasteiger partial charge on any atom is 0.258 e. The summed E-state index contributed by atoms with van der Waals surface area (Å²) in [5, 5.41) is 3.64. The minimum atomic E-state index is -0.681. The summed E-state index contributed by atoms with van der Waals surface area (Å²) in [4.78, 5) is 15.5. The zero-order chi connectivity index (χ0) is 22.7. The molecule has 0 aliphatic carbocycles. The highest BCUT2D eigenvalue weighted by atomic mass is 16.5. The number of amides is 1. The van der Waals surface area contributed by atoms with E-state index in [2.05, 4.69) is 36.5 Å². The van der Waals surface area contributed by atoms with E-state index in [0.717, 1.165) is 42.9 Å². The first-order chi connectivity index (χ1) is 16.1. The fourth-order valence-electron chi connectivity index (χ4n) is 4.75. The van der Waals surface area contributed by atoms with Gasteiger partial charge in [0.15, 0.2) is 0 Å². The standard InChI is InChI=1S/C28H30N2O3/c1-28(22-13-15-23(16-14-22)33-19-17-21-8-3-2-4-9-21)29-26-12-6-5-11-25(26)27(31)30(28)20-24-10-7-18-32-24/h2-6,8-9,11-16,24,29H,7,10,17-20H2,1H3. The summed E-state index contributed by atoms with van der Waals surface area (Å²) in [6, 6.07) is 26.1. The largest absolute Gasteiger partial charge is 0.493 e. The highest BCUT2D eigenvalue weighted by Gasteiger charge is 2.43. The second kappa shape index (κ2) is 9.28. The van der Waals surface area contributed by atoms with Gasteiger partial charge in [-0.15, -0.1) is 0 Å². The van der Waals surface area contributed by atoms with Crippen molar-refractivity contribution in [1.82, 2.24) is 4.90 Å². The molecule has 0 aromatic heterocycles. The molecule has 2 aliphatic rings. The Morgan fingerprint density at radius 3 is 2.55 bits per heavy atom. The van der Waals surface area contributed by atoms with Crippen LogP contribution in [0.25, 0.3) is 0 Å². The SMILES string of the molecule is CC1(c2ccc(OCCc3ccccc3)cc2)Nc2ccccc2C(=O)N1CC1CCCO1. The molecular formula is C28H30N2O3. The number of nitrogens with one attached hydrogen (secondary N) is 1. The Kier molecular flexibility index (Phi) is 6.05. The maximum absolute atomic E-state index is 13.5. The average molecular weight is 443 g/mol. The number of nitrogens with zero attached hydrogens (tertiary/aromatic N) is 1. The summed E-state index contributed by atoms with van der Waals surface area (Å²) >= 11 is 0. The van der Waals surface area contributed by atoms with Gasteiger partial charge in [-0.25, -0.2) is 0 Å². The number of carbonyl (C=O) groups excluding carboxylic acids is 1. The van der Waals surface area contributed by atoms with Crippen molar-refractivity contribution in [3.8, 4) is 5.75 Å². The van der Waals surface area contributed by atoms with Crippen LogP contribution in [0.1, 0.15) is 41.3 Å². The summed E-state index contributed by atoms with van der Waals surface area (Å²) in [7, 11) is 0. The second-order valence-corrected chi connectivity index (χ2v) is 8.90. The quantitative estimate of drug-likeness (QED) is 0.545. The topological polar surface area (TPSA) is 50.8 Å². The van der Waals surface area contributed by atoms with Crippen LogP contribution in [0.5, 0.6) is 5.75 Å². The number of hydrogen-bond donors (Lipinski definition) is 1. The van der Waals surface area contributed by atoms with E-state index in [1.165, 1.54) is 5.56 Å². The van der Waals surface area contributed by atoms with Crippen LogP contribution in [-0.2, 0) is 16.8 Å². The number of para-hydroxylation sites is 1. The molecule has 5 nitrogen and oxygen atoms in total. The Labute approximate surface area is 195 Å². The maximum atomic E-state index is 13.5. The van der Waals surface area contributed by atoms with Gasteiger partial charge >= 0.3 is 0 Å². The number of anilines is 1. The molecular weight excluding hydrogens is 412 g/mol. The van der Waals surface area contributed by atoms with Gasteiger partial charge in [0, 0.05) is 25.3 Å². The van der Waals surface area contributed by atoms with Gasteiger partial charge in [0.05, 0.1) is 18.3 Å². The molecule has 2 unspecified atom stereocenters. The summed E-state index contributed by atoms with van der Waals surface area (Å²) in [6.45, 7) is 4.02. The van der Waals surface area contributed by atoms with Gasteiger partial charge in [-0.05, 0) is 55.2 Å². The molecule has 5 heteroatoms. The molecule has 0 radical (unpaired) electrons. The lowest BCUT2D eigenvalue weighted by molar-refractivity contribution is 0.0242. The lowest BCUT2D eigenvalue weighted by Crippen LogP contribution is -2.57. The smallest absolute Gasteiger partial charge is 0.258 e. The third-order valence-corrected chi connectivity index (χ3v) is 6.65. The molecule has 3 aromatic carbocycles. The van der Waals surface area contributed by atoms with E-state index in [-0.39, 0.29) is 12.0 Å². The Hall–Kier alpha value is -3.31. The number of fused-ring (bicyclic) bond motifs is 1. The first kappa shape index (κ1) is 21.5. The number of ether oxygens (including phenoxy) is 2. The monoisotopic (exact) mass is 442 g/mol. The number of benzene rings is 3. The second-order valence-electron chi connectivity index (χ2n) is 8.90. The van der Waals surface area contributed by atoms with Crippen molar-refractivity contribution < 1.29 is 14.3 Å². The van der Waals surface area contributed by atoms with E-state index in [9.17, 15) is 4.79 Å². The summed E-state index contributed by atoms with van der Waals surface area (Å²) in [6.07, 6.45) is 2.96. The Balaban J connectivity index is 1.36. The number of carbonyl (C=O) groups is 1. The first-order valence-electron chi connectivity index (χ1n) is 11.7. The van der Waals surface area contributed by atoms with Gasteiger partial charge in [-0.3, -0.25) is 4.79 Å². The van der Waals surface area contributed by atoms with Gasteiger partial charge in [0.2, 0.25) is 0 Å². The van der Waals surface area contributed by atoms with Crippen LogP contribution >= 0.6 is 0 Å². The van der Waals surface area contributed by atoms with Crippen molar-refractivity contribution >= 4 is 11.6 Å². The summed E-state index contributed by atoms with van der Waals surface area (Å²) in [5.41, 5.74) is 3.15. The van der Waals surface area contributed by atoms with Gasteiger partial charge in [-0.2, -0.15) is 0 Å². The predicted octanol–water partition coefficient (Wildman–Crippen LogP) is 5.23. The fraction of sp³-hybridized carbons (Fsp3) is 0.321. The normalized spacial score (nSPS) is 22.0. The zero-order valence-corrected chi connectivity index (χ0v) is 19.0. The molecule has 2 aliphatic heterocycles. The highest BCUT2D eigenvalue weighted by Crippen LogP contribution is 2.39. The van der Waals surface area contributed by atoms with Crippen molar-refractivity contribution in [2.45, 2.75) is 38.0 Å². The molecule has 0 saturated carbocycles. The van der Waals surface area contributed by atoms with Crippen LogP contribution in [0.15, 0.2) is 78.9 Å². The van der Waals surface area contributed by atoms with Crippen LogP contribution < -0.4 is 10.1 Å².